The zero-order chi connectivity index (χ0) is 12.8. The monoisotopic (exact) mass is 248 g/mol. The van der Waals surface area contributed by atoms with Crippen molar-refractivity contribution in [3.63, 3.8) is 0 Å². The Morgan fingerprint density at radius 3 is 2.78 bits per heavy atom. The summed E-state index contributed by atoms with van der Waals surface area (Å²) in [5.41, 5.74) is 7.22. The van der Waals surface area contributed by atoms with E-state index < -0.39 is 0 Å². The summed E-state index contributed by atoms with van der Waals surface area (Å²) in [6.07, 6.45) is 2.37. The molecule has 1 heterocycles. The minimum Gasteiger partial charge on any atom is -0.381 e. The maximum Gasteiger partial charge on any atom is 0.0509 e. The van der Waals surface area contributed by atoms with Crippen LogP contribution < -0.4 is 11.1 Å². The van der Waals surface area contributed by atoms with Crippen LogP contribution in [0.25, 0.3) is 0 Å². The molecule has 3 nitrogen and oxygen atoms in total. The van der Waals surface area contributed by atoms with E-state index in [2.05, 4.69) is 36.5 Å². The van der Waals surface area contributed by atoms with E-state index in [-0.39, 0.29) is 0 Å². The van der Waals surface area contributed by atoms with E-state index in [9.17, 15) is 0 Å². The van der Waals surface area contributed by atoms with Gasteiger partial charge in [-0.2, -0.15) is 0 Å². The maximum atomic E-state index is 5.91. The molecule has 0 bridgehead atoms. The van der Waals surface area contributed by atoms with Gasteiger partial charge in [-0.05, 0) is 31.2 Å². The van der Waals surface area contributed by atoms with Crippen molar-refractivity contribution in [3.8, 4) is 0 Å². The second-order valence-corrected chi connectivity index (χ2v) is 5.12. The fourth-order valence-corrected chi connectivity index (χ4v) is 2.64. The lowest BCUT2D eigenvalue weighted by atomic mass is 9.92. The minimum atomic E-state index is 0.335. The van der Waals surface area contributed by atoms with E-state index in [4.69, 9.17) is 10.5 Å². The normalized spacial score (nSPS) is 23.6. The van der Waals surface area contributed by atoms with E-state index in [1.165, 1.54) is 12.0 Å². The third kappa shape index (κ3) is 3.55. The van der Waals surface area contributed by atoms with Gasteiger partial charge in [0.15, 0.2) is 0 Å². The number of hydrogen-bond donors (Lipinski definition) is 2. The lowest BCUT2D eigenvalue weighted by Crippen LogP contribution is -2.46. The lowest BCUT2D eigenvalue weighted by molar-refractivity contribution is 0.0389. The molecule has 3 atom stereocenters. The molecule has 1 aromatic rings. The standard InChI is InChI=1S/C15H24N2O/c1-12(13-6-3-2-4-7-13)17-15(10-16)14-8-5-9-18-11-14/h2-4,6-7,12,14-15,17H,5,8-11,16H2,1H3. The summed E-state index contributed by atoms with van der Waals surface area (Å²) < 4.78 is 5.56. The van der Waals surface area contributed by atoms with Crippen LogP contribution in [0.1, 0.15) is 31.4 Å². The Bertz CT molecular complexity index is 336. The van der Waals surface area contributed by atoms with Crippen molar-refractivity contribution < 1.29 is 4.74 Å². The van der Waals surface area contributed by atoms with Crippen molar-refractivity contribution in [2.75, 3.05) is 19.8 Å². The van der Waals surface area contributed by atoms with Crippen molar-refractivity contribution in [2.24, 2.45) is 11.7 Å². The summed E-state index contributed by atoms with van der Waals surface area (Å²) in [5.74, 6) is 0.551. The summed E-state index contributed by atoms with van der Waals surface area (Å²) >= 11 is 0. The van der Waals surface area contributed by atoms with Gasteiger partial charge in [-0.1, -0.05) is 30.3 Å². The molecule has 3 N–H and O–H groups in total. The van der Waals surface area contributed by atoms with E-state index >= 15 is 0 Å². The number of nitrogens with two attached hydrogens (primary N) is 1. The van der Waals surface area contributed by atoms with Crippen molar-refractivity contribution in [3.05, 3.63) is 35.9 Å². The molecule has 1 fully saturated rings. The van der Waals surface area contributed by atoms with E-state index in [1.54, 1.807) is 0 Å². The molecule has 0 aromatic heterocycles. The predicted octanol–water partition coefficient (Wildman–Crippen LogP) is 2.09. The van der Waals surface area contributed by atoms with Crippen LogP contribution in [-0.2, 0) is 4.74 Å². The average molecular weight is 248 g/mol. The van der Waals surface area contributed by atoms with Gasteiger partial charge in [-0.3, -0.25) is 0 Å². The highest BCUT2D eigenvalue weighted by Crippen LogP contribution is 2.20. The fourth-order valence-electron chi connectivity index (χ4n) is 2.64. The first-order valence-electron chi connectivity index (χ1n) is 6.90. The molecule has 1 aromatic carbocycles. The molecule has 3 unspecified atom stereocenters. The Morgan fingerprint density at radius 1 is 1.39 bits per heavy atom. The molecule has 2 rings (SSSR count). The number of benzene rings is 1. The molecule has 0 aliphatic carbocycles. The van der Waals surface area contributed by atoms with Crippen molar-refractivity contribution in [1.82, 2.24) is 5.32 Å². The average Bonchev–Trinajstić information content (AvgIpc) is 2.46. The molecule has 100 valence electrons. The second-order valence-electron chi connectivity index (χ2n) is 5.12. The first kappa shape index (κ1) is 13.5. The summed E-state index contributed by atoms with van der Waals surface area (Å²) in [7, 11) is 0. The topological polar surface area (TPSA) is 47.3 Å². The molecular weight excluding hydrogens is 224 g/mol. The van der Waals surface area contributed by atoms with Crippen LogP contribution in [0.5, 0.6) is 0 Å². The lowest BCUT2D eigenvalue weighted by Gasteiger charge is -2.32. The third-order valence-electron chi connectivity index (χ3n) is 3.78. The molecule has 1 aliphatic heterocycles. The zero-order valence-electron chi connectivity index (χ0n) is 11.1. The van der Waals surface area contributed by atoms with Gasteiger partial charge in [-0.25, -0.2) is 0 Å². The summed E-state index contributed by atoms with van der Waals surface area (Å²) in [6.45, 7) is 4.62. The van der Waals surface area contributed by atoms with Gasteiger partial charge in [0.2, 0.25) is 0 Å². The van der Waals surface area contributed by atoms with Gasteiger partial charge in [0.1, 0.15) is 0 Å². The predicted molar refractivity (Wildman–Crippen MR) is 74.4 cm³/mol. The molecular formula is C15H24N2O. The Balaban J connectivity index is 1.93. The highest BCUT2D eigenvalue weighted by Gasteiger charge is 2.24. The minimum absolute atomic E-state index is 0.335. The Hall–Kier alpha value is -0.900. The van der Waals surface area contributed by atoms with Crippen molar-refractivity contribution in [2.45, 2.75) is 31.8 Å². The molecule has 0 spiro atoms. The Labute approximate surface area is 110 Å². The number of rotatable bonds is 5. The molecule has 0 radical (unpaired) electrons. The van der Waals surface area contributed by atoms with Gasteiger partial charge in [0.25, 0.3) is 0 Å². The quantitative estimate of drug-likeness (QED) is 0.839. The van der Waals surface area contributed by atoms with Crippen LogP contribution in [0, 0.1) is 5.92 Å². The van der Waals surface area contributed by atoms with Crippen LogP contribution in [0.2, 0.25) is 0 Å². The summed E-state index contributed by atoms with van der Waals surface area (Å²) in [6, 6.07) is 11.2. The second kappa shape index (κ2) is 6.88. The summed E-state index contributed by atoms with van der Waals surface area (Å²) in [4.78, 5) is 0. The Kier molecular flexibility index (Phi) is 5.17. The zero-order valence-corrected chi connectivity index (χ0v) is 11.1. The first-order valence-corrected chi connectivity index (χ1v) is 6.90. The molecule has 0 saturated carbocycles. The molecule has 0 amide bonds. The van der Waals surface area contributed by atoms with Crippen LogP contribution in [0.3, 0.4) is 0 Å². The molecule has 1 saturated heterocycles. The fraction of sp³-hybridized carbons (Fsp3) is 0.600. The third-order valence-corrected chi connectivity index (χ3v) is 3.78. The van der Waals surface area contributed by atoms with Gasteiger partial charge in [-0.15, -0.1) is 0 Å². The highest BCUT2D eigenvalue weighted by molar-refractivity contribution is 5.18. The van der Waals surface area contributed by atoms with Crippen molar-refractivity contribution >= 4 is 0 Å². The van der Waals surface area contributed by atoms with E-state index in [1.807, 2.05) is 6.07 Å². The number of nitrogens with one attached hydrogen (secondary N) is 1. The van der Waals surface area contributed by atoms with Crippen LogP contribution in [0.15, 0.2) is 30.3 Å². The van der Waals surface area contributed by atoms with Gasteiger partial charge in [0.05, 0.1) is 6.61 Å². The summed E-state index contributed by atoms with van der Waals surface area (Å²) in [5, 5.41) is 3.65. The molecule has 18 heavy (non-hydrogen) atoms. The smallest absolute Gasteiger partial charge is 0.0509 e. The SMILES string of the molecule is CC(NC(CN)C1CCCOC1)c1ccccc1. The number of ether oxygens (including phenoxy) is 1. The highest BCUT2D eigenvalue weighted by atomic mass is 16.5. The molecule has 1 aliphatic rings. The van der Waals surface area contributed by atoms with Gasteiger partial charge < -0.3 is 15.8 Å². The number of hydrogen-bond acceptors (Lipinski definition) is 3. The largest absolute Gasteiger partial charge is 0.381 e. The van der Waals surface area contributed by atoms with Crippen LogP contribution in [0.4, 0.5) is 0 Å². The molecule has 3 heteroatoms. The maximum absolute atomic E-state index is 5.91. The van der Waals surface area contributed by atoms with Crippen LogP contribution in [-0.4, -0.2) is 25.8 Å². The van der Waals surface area contributed by atoms with E-state index in [0.29, 0.717) is 24.5 Å². The Morgan fingerprint density at radius 2 is 2.17 bits per heavy atom. The first-order chi connectivity index (χ1) is 8.81. The van der Waals surface area contributed by atoms with E-state index in [0.717, 1.165) is 19.6 Å². The van der Waals surface area contributed by atoms with Gasteiger partial charge >= 0.3 is 0 Å². The van der Waals surface area contributed by atoms with Gasteiger partial charge in [0, 0.05) is 25.2 Å². The van der Waals surface area contributed by atoms with Crippen molar-refractivity contribution in [1.29, 1.82) is 0 Å². The van der Waals surface area contributed by atoms with Crippen LogP contribution >= 0.6 is 0 Å².